The van der Waals surface area contributed by atoms with Crippen molar-refractivity contribution in [3.05, 3.63) is 63.6 Å². The van der Waals surface area contributed by atoms with Crippen molar-refractivity contribution in [3.63, 3.8) is 0 Å². The summed E-state index contributed by atoms with van der Waals surface area (Å²) in [5.41, 5.74) is 2.42. The number of unbranched alkanes of at least 4 members (excludes halogenated alkanes) is 1. The number of carbonyl (C=O) groups excluding carboxylic acids is 2. The van der Waals surface area contributed by atoms with Crippen molar-refractivity contribution >= 4 is 50.7 Å². The summed E-state index contributed by atoms with van der Waals surface area (Å²) >= 11 is 12.3. The molecule has 2 aromatic rings. The van der Waals surface area contributed by atoms with Crippen molar-refractivity contribution in [1.82, 2.24) is 10.2 Å². The van der Waals surface area contributed by atoms with Gasteiger partial charge in [0, 0.05) is 26.1 Å². The van der Waals surface area contributed by atoms with E-state index >= 15 is 0 Å². The van der Waals surface area contributed by atoms with Gasteiger partial charge in [0.2, 0.25) is 21.8 Å². The molecule has 0 unspecified atom stereocenters. The average Bonchev–Trinajstić information content (AvgIpc) is 2.88. The minimum Gasteiger partial charge on any atom is -0.354 e. The first-order valence-corrected chi connectivity index (χ1v) is 15.7. The number of rotatable bonds is 15. The number of aryl methyl sites for hydroxylation is 1. The van der Waals surface area contributed by atoms with E-state index in [1.54, 1.807) is 35.2 Å². The molecule has 0 aliphatic rings. The molecule has 38 heavy (non-hydrogen) atoms. The van der Waals surface area contributed by atoms with Crippen molar-refractivity contribution in [2.45, 2.75) is 71.9 Å². The first-order valence-electron chi connectivity index (χ1n) is 13.1. The lowest BCUT2D eigenvalue weighted by molar-refractivity contribution is -0.141. The molecule has 210 valence electrons. The van der Waals surface area contributed by atoms with Gasteiger partial charge in [-0.2, -0.15) is 0 Å². The Morgan fingerprint density at radius 3 is 2.16 bits per heavy atom. The third kappa shape index (κ3) is 9.47. The Morgan fingerprint density at radius 2 is 1.61 bits per heavy atom. The number of hydrogen-bond acceptors (Lipinski definition) is 4. The third-order valence-corrected chi connectivity index (χ3v) is 8.27. The maximum absolute atomic E-state index is 13.5. The van der Waals surface area contributed by atoms with Gasteiger partial charge in [-0.05, 0) is 61.1 Å². The van der Waals surface area contributed by atoms with Gasteiger partial charge >= 0.3 is 0 Å². The Morgan fingerprint density at radius 1 is 0.947 bits per heavy atom. The van der Waals surface area contributed by atoms with E-state index in [-0.39, 0.29) is 31.3 Å². The number of hydrogen-bond donors (Lipinski definition) is 1. The second kappa shape index (κ2) is 15.3. The van der Waals surface area contributed by atoms with Gasteiger partial charge in [-0.3, -0.25) is 13.9 Å². The van der Waals surface area contributed by atoms with Gasteiger partial charge in [-0.15, -0.1) is 0 Å². The topological polar surface area (TPSA) is 86.8 Å². The molecule has 0 saturated heterocycles. The molecule has 0 aliphatic heterocycles. The van der Waals surface area contributed by atoms with Crippen LogP contribution in [0.15, 0.2) is 42.5 Å². The van der Waals surface area contributed by atoms with Crippen molar-refractivity contribution in [2.75, 3.05) is 23.7 Å². The van der Waals surface area contributed by atoms with E-state index in [9.17, 15) is 18.0 Å². The molecule has 0 spiro atoms. The van der Waals surface area contributed by atoms with Crippen LogP contribution in [0.3, 0.4) is 0 Å². The van der Waals surface area contributed by atoms with Crippen LogP contribution in [0.25, 0.3) is 0 Å². The predicted octanol–water partition coefficient (Wildman–Crippen LogP) is 5.83. The third-order valence-electron chi connectivity index (χ3n) is 6.34. The maximum Gasteiger partial charge on any atom is 0.242 e. The number of halogens is 2. The van der Waals surface area contributed by atoms with Gasteiger partial charge in [-0.25, -0.2) is 8.42 Å². The minimum atomic E-state index is -3.54. The molecule has 1 N–H and O–H groups in total. The Bertz CT molecular complexity index is 1170. The zero-order valence-electron chi connectivity index (χ0n) is 22.7. The molecule has 1 atom stereocenters. The highest BCUT2D eigenvalue weighted by Crippen LogP contribution is 2.25. The molecular formula is C28H39Cl2N3O4S. The number of benzene rings is 2. The maximum atomic E-state index is 13.5. The Labute approximate surface area is 237 Å². The Kier molecular flexibility index (Phi) is 12.9. The van der Waals surface area contributed by atoms with Crippen molar-refractivity contribution < 1.29 is 18.0 Å². The molecule has 2 amide bonds. The fourth-order valence-corrected chi connectivity index (χ4v) is 5.45. The lowest BCUT2D eigenvalue weighted by Gasteiger charge is -2.31. The summed E-state index contributed by atoms with van der Waals surface area (Å²) in [6.45, 7) is 6.82. The fourth-order valence-electron chi connectivity index (χ4n) is 4.16. The second-order valence-corrected chi connectivity index (χ2v) is 12.0. The molecule has 2 aromatic carbocycles. The van der Waals surface area contributed by atoms with Gasteiger partial charge in [0.15, 0.2) is 0 Å². The number of nitrogens with one attached hydrogen (secondary N) is 1. The number of sulfonamides is 1. The molecule has 0 aliphatic carbocycles. The van der Waals surface area contributed by atoms with Crippen LogP contribution in [0.4, 0.5) is 5.69 Å². The SMILES string of the molecule is CCCCNC(=O)[C@H](CC)N(Cc1ccc(Cl)c(Cl)c1)C(=O)CCCN(c1ccc(CC)cc1)S(C)(=O)=O. The van der Waals surface area contributed by atoms with Gasteiger partial charge in [0.25, 0.3) is 0 Å². The normalized spacial score (nSPS) is 12.2. The molecule has 0 bridgehead atoms. The van der Waals surface area contributed by atoms with E-state index in [1.807, 2.05) is 32.9 Å². The molecular weight excluding hydrogens is 545 g/mol. The van der Waals surface area contributed by atoms with E-state index in [4.69, 9.17) is 23.2 Å². The number of carbonyl (C=O) groups is 2. The molecule has 0 fully saturated rings. The predicted molar refractivity (Wildman–Crippen MR) is 156 cm³/mol. The molecule has 10 heteroatoms. The summed E-state index contributed by atoms with van der Waals surface area (Å²) in [5.74, 6) is -0.438. The number of anilines is 1. The van der Waals surface area contributed by atoms with Crippen LogP contribution in [0, 0.1) is 0 Å². The molecule has 2 rings (SSSR count). The lowest BCUT2D eigenvalue weighted by atomic mass is 10.1. The monoisotopic (exact) mass is 583 g/mol. The lowest BCUT2D eigenvalue weighted by Crippen LogP contribution is -2.49. The van der Waals surface area contributed by atoms with Crippen LogP contribution in [0.1, 0.15) is 64.0 Å². The molecule has 0 saturated carbocycles. The number of amides is 2. The summed E-state index contributed by atoms with van der Waals surface area (Å²) in [6, 6.07) is 11.8. The molecule has 0 radical (unpaired) electrons. The summed E-state index contributed by atoms with van der Waals surface area (Å²) in [5, 5.41) is 3.71. The van der Waals surface area contributed by atoms with Gasteiger partial charge in [-0.1, -0.05) is 68.6 Å². The highest BCUT2D eigenvalue weighted by Gasteiger charge is 2.29. The van der Waals surface area contributed by atoms with Crippen LogP contribution in [-0.4, -0.2) is 50.5 Å². The fraction of sp³-hybridized carbons (Fsp3) is 0.500. The quantitative estimate of drug-likeness (QED) is 0.267. The zero-order chi connectivity index (χ0) is 28.3. The minimum absolute atomic E-state index is 0.0825. The summed E-state index contributed by atoms with van der Waals surface area (Å²) in [6.07, 6.45) is 4.63. The van der Waals surface area contributed by atoms with Crippen molar-refractivity contribution in [2.24, 2.45) is 0 Å². The van der Waals surface area contributed by atoms with Gasteiger partial charge in [0.05, 0.1) is 22.0 Å². The highest BCUT2D eigenvalue weighted by atomic mass is 35.5. The average molecular weight is 585 g/mol. The Hall–Kier alpha value is -2.29. The Balaban J connectivity index is 2.22. The van der Waals surface area contributed by atoms with Crippen LogP contribution < -0.4 is 9.62 Å². The van der Waals surface area contributed by atoms with Crippen LogP contribution in [0.5, 0.6) is 0 Å². The largest absolute Gasteiger partial charge is 0.354 e. The summed E-state index contributed by atoms with van der Waals surface area (Å²) in [7, 11) is -3.54. The van der Waals surface area contributed by atoms with E-state index < -0.39 is 16.1 Å². The van der Waals surface area contributed by atoms with E-state index in [2.05, 4.69) is 5.32 Å². The van der Waals surface area contributed by atoms with E-state index in [1.165, 1.54) is 4.31 Å². The van der Waals surface area contributed by atoms with E-state index in [0.29, 0.717) is 35.1 Å². The van der Waals surface area contributed by atoms with Crippen LogP contribution in [0.2, 0.25) is 10.0 Å². The van der Waals surface area contributed by atoms with Crippen molar-refractivity contribution in [3.8, 4) is 0 Å². The standard InChI is InChI=1S/C28H39Cl2N3O4S/c1-5-8-17-31-28(35)26(7-3)32(20-22-13-16-24(29)25(30)19-22)27(34)10-9-18-33(38(4,36)37)23-14-11-21(6-2)12-15-23/h11-16,19,26H,5-10,17-18,20H2,1-4H3,(H,31,35)/t26-/m0/s1. The molecule has 0 aromatic heterocycles. The second-order valence-electron chi connectivity index (χ2n) is 9.30. The molecule has 0 heterocycles. The van der Waals surface area contributed by atoms with E-state index in [0.717, 1.165) is 36.6 Å². The smallest absolute Gasteiger partial charge is 0.242 e. The van der Waals surface area contributed by atoms with Gasteiger partial charge in [0.1, 0.15) is 6.04 Å². The van der Waals surface area contributed by atoms with Crippen LogP contribution >= 0.6 is 23.2 Å². The summed E-state index contributed by atoms with van der Waals surface area (Å²) < 4.78 is 26.4. The first kappa shape index (κ1) is 31.9. The van der Waals surface area contributed by atoms with Crippen molar-refractivity contribution in [1.29, 1.82) is 0 Å². The first-order chi connectivity index (χ1) is 18.0. The van der Waals surface area contributed by atoms with Gasteiger partial charge < -0.3 is 10.2 Å². The number of nitrogens with zero attached hydrogens (tertiary/aromatic N) is 2. The zero-order valence-corrected chi connectivity index (χ0v) is 25.0. The molecule has 7 nitrogen and oxygen atoms in total. The summed E-state index contributed by atoms with van der Waals surface area (Å²) in [4.78, 5) is 28.1. The van der Waals surface area contributed by atoms with Crippen LogP contribution in [-0.2, 0) is 32.6 Å². The highest BCUT2D eigenvalue weighted by molar-refractivity contribution is 7.92.